The summed E-state index contributed by atoms with van der Waals surface area (Å²) >= 11 is 6.73. The molecule has 2 aromatic rings. The van der Waals surface area contributed by atoms with Crippen LogP contribution in [0, 0.1) is 6.92 Å². The SMILES string of the molecule is Cc1cc(/C=N/NC(=S)SCc2ccccc2)n[nH]1. The monoisotopic (exact) mass is 290 g/mol. The number of hydrogen-bond acceptors (Lipinski definition) is 4. The van der Waals surface area contributed by atoms with Crippen LogP contribution >= 0.6 is 24.0 Å². The summed E-state index contributed by atoms with van der Waals surface area (Å²) in [5.41, 5.74) is 5.84. The van der Waals surface area contributed by atoms with E-state index in [0.29, 0.717) is 4.32 Å². The second-order valence-electron chi connectivity index (χ2n) is 3.91. The number of rotatable bonds is 4. The minimum absolute atomic E-state index is 0.646. The molecule has 1 aromatic carbocycles. The van der Waals surface area contributed by atoms with E-state index in [9.17, 15) is 0 Å². The molecule has 0 aliphatic rings. The zero-order valence-corrected chi connectivity index (χ0v) is 12.1. The Balaban J connectivity index is 1.74. The molecule has 98 valence electrons. The molecule has 0 saturated carbocycles. The average molecular weight is 290 g/mol. The van der Waals surface area contributed by atoms with Gasteiger partial charge in [0.15, 0.2) is 4.32 Å². The fourth-order valence-electron chi connectivity index (χ4n) is 1.41. The normalized spacial score (nSPS) is 10.8. The number of hydrogen-bond donors (Lipinski definition) is 2. The van der Waals surface area contributed by atoms with Crippen LogP contribution in [0.15, 0.2) is 41.5 Å². The Morgan fingerprint density at radius 3 is 2.95 bits per heavy atom. The Labute approximate surface area is 121 Å². The summed E-state index contributed by atoms with van der Waals surface area (Å²) in [4.78, 5) is 0. The second-order valence-corrected chi connectivity index (χ2v) is 5.56. The van der Waals surface area contributed by atoms with E-state index in [0.717, 1.165) is 17.1 Å². The van der Waals surface area contributed by atoms with Crippen LogP contribution in [0.25, 0.3) is 0 Å². The van der Waals surface area contributed by atoms with Gasteiger partial charge in [-0.2, -0.15) is 10.2 Å². The van der Waals surface area contributed by atoms with Crippen LogP contribution in [0.2, 0.25) is 0 Å². The molecule has 6 heteroatoms. The Bertz CT molecular complexity index is 563. The molecule has 0 atom stereocenters. The van der Waals surface area contributed by atoms with Gasteiger partial charge in [0.2, 0.25) is 0 Å². The number of hydrazone groups is 1. The molecule has 0 spiro atoms. The maximum absolute atomic E-state index is 5.18. The number of aromatic amines is 1. The Morgan fingerprint density at radius 2 is 2.26 bits per heavy atom. The van der Waals surface area contributed by atoms with Crippen LogP contribution in [0.5, 0.6) is 0 Å². The van der Waals surface area contributed by atoms with Crippen molar-refractivity contribution < 1.29 is 0 Å². The van der Waals surface area contributed by atoms with E-state index in [1.807, 2.05) is 31.2 Å². The summed E-state index contributed by atoms with van der Waals surface area (Å²) < 4.78 is 0.646. The molecule has 0 unspecified atom stereocenters. The number of thiocarbonyl (C=S) groups is 1. The summed E-state index contributed by atoms with van der Waals surface area (Å²) in [5.74, 6) is 0.837. The van der Waals surface area contributed by atoms with Crippen LogP contribution in [0.1, 0.15) is 17.0 Å². The number of benzene rings is 1. The summed E-state index contributed by atoms with van der Waals surface area (Å²) in [5, 5.41) is 10.9. The van der Waals surface area contributed by atoms with E-state index < -0.39 is 0 Å². The molecular weight excluding hydrogens is 276 g/mol. The number of aryl methyl sites for hydroxylation is 1. The maximum Gasteiger partial charge on any atom is 0.154 e. The fraction of sp³-hybridized carbons (Fsp3) is 0.154. The molecule has 2 N–H and O–H groups in total. The minimum Gasteiger partial charge on any atom is -0.282 e. The number of H-pyrrole nitrogens is 1. The van der Waals surface area contributed by atoms with E-state index >= 15 is 0 Å². The van der Waals surface area contributed by atoms with E-state index in [2.05, 4.69) is 32.9 Å². The molecule has 4 nitrogen and oxygen atoms in total. The van der Waals surface area contributed by atoms with E-state index in [1.54, 1.807) is 18.0 Å². The van der Waals surface area contributed by atoms with Crippen molar-refractivity contribution in [3.63, 3.8) is 0 Å². The summed E-state index contributed by atoms with van der Waals surface area (Å²) in [6.07, 6.45) is 1.64. The highest BCUT2D eigenvalue weighted by molar-refractivity contribution is 8.22. The lowest BCUT2D eigenvalue weighted by Crippen LogP contribution is -2.11. The van der Waals surface area contributed by atoms with Gasteiger partial charge in [-0.3, -0.25) is 10.5 Å². The van der Waals surface area contributed by atoms with Gasteiger partial charge in [0.25, 0.3) is 0 Å². The van der Waals surface area contributed by atoms with Crippen molar-refractivity contribution in [2.24, 2.45) is 5.10 Å². The van der Waals surface area contributed by atoms with Gasteiger partial charge in [-0.15, -0.1) is 0 Å². The lowest BCUT2D eigenvalue weighted by molar-refractivity contribution is 1.03. The average Bonchev–Trinajstić information content (AvgIpc) is 2.83. The zero-order chi connectivity index (χ0) is 13.5. The first kappa shape index (κ1) is 13.8. The first-order chi connectivity index (χ1) is 9.24. The third-order valence-corrected chi connectivity index (χ3v) is 3.57. The molecule has 0 aliphatic heterocycles. The third-order valence-electron chi connectivity index (χ3n) is 2.29. The van der Waals surface area contributed by atoms with E-state index in [1.165, 1.54) is 5.56 Å². The highest BCUT2D eigenvalue weighted by atomic mass is 32.2. The number of thioether (sulfide) groups is 1. The predicted molar refractivity (Wildman–Crippen MR) is 84.4 cm³/mol. The second kappa shape index (κ2) is 7.06. The van der Waals surface area contributed by atoms with Gasteiger partial charge in [-0.05, 0) is 18.6 Å². The quantitative estimate of drug-likeness (QED) is 0.516. The van der Waals surface area contributed by atoms with Crippen LogP contribution < -0.4 is 5.43 Å². The first-order valence-corrected chi connectivity index (χ1v) is 7.15. The molecule has 0 amide bonds. The first-order valence-electron chi connectivity index (χ1n) is 5.76. The molecule has 19 heavy (non-hydrogen) atoms. The van der Waals surface area contributed by atoms with Crippen molar-refractivity contribution in [1.29, 1.82) is 0 Å². The van der Waals surface area contributed by atoms with Crippen LogP contribution in [-0.4, -0.2) is 20.7 Å². The van der Waals surface area contributed by atoms with Gasteiger partial charge >= 0.3 is 0 Å². The summed E-state index contributed by atoms with van der Waals surface area (Å²) in [6.45, 7) is 1.94. The van der Waals surface area contributed by atoms with Crippen molar-refractivity contribution >= 4 is 34.5 Å². The molecule has 0 bridgehead atoms. The molecule has 1 aromatic heterocycles. The van der Waals surface area contributed by atoms with Gasteiger partial charge in [-0.1, -0.05) is 54.3 Å². The van der Waals surface area contributed by atoms with E-state index in [4.69, 9.17) is 12.2 Å². The molecule has 2 rings (SSSR count). The third kappa shape index (κ3) is 4.84. The highest BCUT2D eigenvalue weighted by Crippen LogP contribution is 2.12. The smallest absolute Gasteiger partial charge is 0.154 e. The Morgan fingerprint density at radius 1 is 1.47 bits per heavy atom. The zero-order valence-electron chi connectivity index (χ0n) is 10.5. The molecular formula is C13H14N4S2. The van der Waals surface area contributed by atoms with E-state index in [-0.39, 0.29) is 0 Å². The topological polar surface area (TPSA) is 53.1 Å². The maximum atomic E-state index is 5.18. The Kier molecular flexibility index (Phi) is 5.11. The van der Waals surface area contributed by atoms with Crippen LogP contribution in [-0.2, 0) is 5.75 Å². The molecule has 0 saturated heterocycles. The van der Waals surface area contributed by atoms with Crippen molar-refractivity contribution in [1.82, 2.24) is 15.6 Å². The summed E-state index contributed by atoms with van der Waals surface area (Å²) in [6, 6.07) is 12.1. The van der Waals surface area contributed by atoms with Crippen molar-refractivity contribution in [2.45, 2.75) is 12.7 Å². The van der Waals surface area contributed by atoms with Gasteiger partial charge in [-0.25, -0.2) is 0 Å². The van der Waals surface area contributed by atoms with Crippen molar-refractivity contribution in [3.8, 4) is 0 Å². The van der Waals surface area contributed by atoms with Crippen LogP contribution in [0.3, 0.4) is 0 Å². The van der Waals surface area contributed by atoms with Gasteiger partial charge in [0.1, 0.15) is 5.69 Å². The predicted octanol–water partition coefficient (Wildman–Crippen LogP) is 2.86. The lowest BCUT2D eigenvalue weighted by Gasteiger charge is -2.02. The van der Waals surface area contributed by atoms with Crippen molar-refractivity contribution in [3.05, 3.63) is 53.3 Å². The molecule has 1 heterocycles. The largest absolute Gasteiger partial charge is 0.282 e. The minimum atomic E-state index is 0.646. The highest BCUT2D eigenvalue weighted by Gasteiger charge is 1.97. The van der Waals surface area contributed by atoms with Crippen molar-refractivity contribution in [2.75, 3.05) is 0 Å². The summed E-state index contributed by atoms with van der Waals surface area (Å²) in [7, 11) is 0. The number of nitrogens with zero attached hydrogens (tertiary/aromatic N) is 2. The molecule has 0 aliphatic carbocycles. The number of nitrogens with one attached hydrogen (secondary N) is 2. The Hall–Kier alpha value is -1.66. The standard InChI is InChI=1S/C13H14N4S2/c1-10-7-12(16-15-10)8-14-17-13(18)19-9-11-5-3-2-4-6-11/h2-8H,9H2,1H3,(H,15,16)(H,17,18)/b14-8+. The van der Waals surface area contributed by atoms with Gasteiger partial charge in [0.05, 0.1) is 6.21 Å². The van der Waals surface area contributed by atoms with Gasteiger partial charge < -0.3 is 0 Å². The fourth-order valence-corrected chi connectivity index (χ4v) is 2.25. The van der Waals surface area contributed by atoms with Gasteiger partial charge in [0, 0.05) is 11.4 Å². The molecule has 0 radical (unpaired) electrons. The van der Waals surface area contributed by atoms with Crippen LogP contribution in [0.4, 0.5) is 0 Å². The molecule has 0 fully saturated rings. The lowest BCUT2D eigenvalue weighted by atomic mass is 10.2. The number of aromatic nitrogens is 2.